The molecule has 5 nitrogen and oxygen atoms in total. The van der Waals surface area contributed by atoms with Crippen LogP contribution in [0.3, 0.4) is 0 Å². The first-order valence-electron chi connectivity index (χ1n) is 8.25. The summed E-state index contributed by atoms with van der Waals surface area (Å²) >= 11 is 5.86. The van der Waals surface area contributed by atoms with Gasteiger partial charge in [0.05, 0.1) is 11.9 Å². The van der Waals surface area contributed by atoms with Gasteiger partial charge in [0.25, 0.3) is 0 Å². The number of nitrogens with zero attached hydrogens (tertiary/aromatic N) is 1. The number of amides is 2. The van der Waals surface area contributed by atoms with E-state index in [1.165, 1.54) is 19.3 Å². The molecule has 1 aliphatic carbocycles. The fourth-order valence-corrected chi connectivity index (χ4v) is 2.95. The lowest BCUT2D eigenvalue weighted by Gasteiger charge is -2.22. The molecule has 3 N–H and O–H groups in total. The molecule has 126 valence electrons. The third-order valence-electron chi connectivity index (χ3n) is 4.08. The van der Waals surface area contributed by atoms with Crippen LogP contribution in [-0.2, 0) is 0 Å². The number of rotatable bonds is 4. The van der Waals surface area contributed by atoms with E-state index in [0.29, 0.717) is 16.5 Å². The van der Waals surface area contributed by atoms with Crippen molar-refractivity contribution in [2.45, 2.75) is 38.1 Å². The third kappa shape index (κ3) is 4.86. The Balaban J connectivity index is 1.52. The molecule has 2 amide bonds. The minimum atomic E-state index is -0.165. The zero-order valence-electron chi connectivity index (χ0n) is 13.4. The maximum atomic E-state index is 12.0. The number of carbonyl (C=O) groups is 1. The minimum absolute atomic E-state index is 0.165. The van der Waals surface area contributed by atoms with Crippen LogP contribution in [0, 0.1) is 0 Å². The van der Waals surface area contributed by atoms with Crippen molar-refractivity contribution < 1.29 is 4.79 Å². The van der Waals surface area contributed by atoms with Crippen molar-refractivity contribution in [1.82, 2.24) is 10.3 Å². The standard InChI is InChI=1S/C18H21ClN4O/c19-13-6-8-15(9-7-13)21-17-11-10-16(12-20-17)23-18(24)22-14-4-2-1-3-5-14/h6-12,14H,1-5H2,(H,20,21)(H2,22,23,24). The van der Waals surface area contributed by atoms with Crippen LogP contribution in [0.25, 0.3) is 0 Å². The van der Waals surface area contributed by atoms with E-state index in [2.05, 4.69) is 20.9 Å². The molecular formula is C18H21ClN4O. The monoisotopic (exact) mass is 344 g/mol. The topological polar surface area (TPSA) is 66.0 Å². The Labute approximate surface area is 146 Å². The first kappa shape index (κ1) is 16.6. The number of nitrogens with one attached hydrogen (secondary N) is 3. The molecule has 3 rings (SSSR count). The van der Waals surface area contributed by atoms with Crippen molar-refractivity contribution in [3.05, 3.63) is 47.6 Å². The summed E-state index contributed by atoms with van der Waals surface area (Å²) in [5.41, 5.74) is 1.58. The van der Waals surface area contributed by atoms with Crippen molar-refractivity contribution >= 4 is 34.8 Å². The smallest absolute Gasteiger partial charge is 0.319 e. The summed E-state index contributed by atoms with van der Waals surface area (Å²) in [6.45, 7) is 0. The summed E-state index contributed by atoms with van der Waals surface area (Å²) in [4.78, 5) is 16.3. The fraction of sp³-hybridized carbons (Fsp3) is 0.333. The average Bonchev–Trinajstić information content (AvgIpc) is 2.59. The van der Waals surface area contributed by atoms with Crippen LogP contribution < -0.4 is 16.0 Å². The number of pyridine rings is 1. The lowest BCUT2D eigenvalue weighted by atomic mass is 9.96. The molecule has 2 aromatic rings. The quantitative estimate of drug-likeness (QED) is 0.736. The van der Waals surface area contributed by atoms with Gasteiger partial charge < -0.3 is 16.0 Å². The number of benzene rings is 1. The molecule has 0 atom stereocenters. The van der Waals surface area contributed by atoms with Crippen molar-refractivity contribution in [3.63, 3.8) is 0 Å². The molecule has 0 unspecified atom stereocenters. The molecule has 6 heteroatoms. The van der Waals surface area contributed by atoms with Crippen LogP contribution in [0.4, 0.5) is 22.0 Å². The van der Waals surface area contributed by atoms with Gasteiger partial charge in [-0.1, -0.05) is 30.9 Å². The van der Waals surface area contributed by atoms with Gasteiger partial charge in [0.2, 0.25) is 0 Å². The summed E-state index contributed by atoms with van der Waals surface area (Å²) in [5, 5.41) is 9.72. The van der Waals surface area contributed by atoms with E-state index in [1.54, 1.807) is 6.20 Å². The molecule has 1 heterocycles. The van der Waals surface area contributed by atoms with Crippen molar-refractivity contribution in [1.29, 1.82) is 0 Å². The molecule has 0 aliphatic heterocycles. The molecule has 1 saturated carbocycles. The van der Waals surface area contributed by atoms with Gasteiger partial charge >= 0.3 is 6.03 Å². The van der Waals surface area contributed by atoms with Gasteiger partial charge in [-0.25, -0.2) is 9.78 Å². The summed E-state index contributed by atoms with van der Waals surface area (Å²) in [7, 11) is 0. The lowest BCUT2D eigenvalue weighted by Crippen LogP contribution is -2.39. The molecule has 0 saturated heterocycles. The summed E-state index contributed by atoms with van der Waals surface area (Å²) in [6, 6.07) is 11.2. The molecular weight excluding hydrogens is 324 g/mol. The Kier molecular flexibility index (Phi) is 5.54. The Morgan fingerprint density at radius 1 is 1.00 bits per heavy atom. The van der Waals surface area contributed by atoms with Crippen LogP contribution in [0.15, 0.2) is 42.6 Å². The maximum Gasteiger partial charge on any atom is 0.319 e. The molecule has 0 bridgehead atoms. The fourth-order valence-electron chi connectivity index (χ4n) is 2.82. The summed E-state index contributed by atoms with van der Waals surface area (Å²) in [6.07, 6.45) is 7.42. The van der Waals surface area contributed by atoms with Crippen LogP contribution in [-0.4, -0.2) is 17.1 Å². The Morgan fingerprint density at radius 2 is 1.71 bits per heavy atom. The second-order valence-electron chi connectivity index (χ2n) is 6.00. The van der Waals surface area contributed by atoms with Crippen LogP contribution in [0.2, 0.25) is 5.02 Å². The van der Waals surface area contributed by atoms with E-state index < -0.39 is 0 Å². The average molecular weight is 345 g/mol. The summed E-state index contributed by atoms with van der Waals surface area (Å²) < 4.78 is 0. The Morgan fingerprint density at radius 3 is 2.38 bits per heavy atom. The molecule has 0 spiro atoms. The van der Waals surface area contributed by atoms with Gasteiger partial charge in [-0.3, -0.25) is 0 Å². The molecule has 0 radical (unpaired) electrons. The van der Waals surface area contributed by atoms with Gasteiger partial charge in [0.15, 0.2) is 0 Å². The summed E-state index contributed by atoms with van der Waals surface area (Å²) in [5.74, 6) is 0.704. The second kappa shape index (κ2) is 8.02. The van der Waals surface area contributed by atoms with Crippen LogP contribution in [0.1, 0.15) is 32.1 Å². The van der Waals surface area contributed by atoms with Crippen LogP contribution in [0.5, 0.6) is 0 Å². The number of halogens is 1. The Hall–Kier alpha value is -2.27. The van der Waals surface area contributed by atoms with Gasteiger partial charge in [-0.15, -0.1) is 0 Å². The van der Waals surface area contributed by atoms with E-state index in [1.807, 2.05) is 36.4 Å². The number of hydrogen-bond donors (Lipinski definition) is 3. The van der Waals surface area contributed by atoms with E-state index in [9.17, 15) is 4.79 Å². The van der Waals surface area contributed by atoms with E-state index in [4.69, 9.17) is 11.6 Å². The van der Waals surface area contributed by atoms with E-state index >= 15 is 0 Å². The lowest BCUT2D eigenvalue weighted by molar-refractivity contribution is 0.244. The highest BCUT2D eigenvalue weighted by molar-refractivity contribution is 6.30. The first-order chi connectivity index (χ1) is 11.7. The number of urea groups is 1. The number of carbonyl (C=O) groups excluding carboxylic acids is 1. The SMILES string of the molecule is O=C(Nc1ccc(Nc2ccc(Cl)cc2)nc1)NC1CCCCC1. The predicted molar refractivity (Wildman–Crippen MR) is 98.0 cm³/mol. The normalized spacial score (nSPS) is 14.9. The molecule has 1 aromatic carbocycles. The zero-order valence-corrected chi connectivity index (χ0v) is 14.1. The highest BCUT2D eigenvalue weighted by Gasteiger charge is 2.15. The maximum absolute atomic E-state index is 12.0. The molecule has 1 aromatic heterocycles. The Bertz CT molecular complexity index is 666. The van der Waals surface area contributed by atoms with Gasteiger partial charge in [0.1, 0.15) is 5.82 Å². The van der Waals surface area contributed by atoms with Crippen molar-refractivity contribution in [3.8, 4) is 0 Å². The van der Waals surface area contributed by atoms with Crippen molar-refractivity contribution in [2.75, 3.05) is 10.6 Å². The largest absolute Gasteiger partial charge is 0.340 e. The number of hydrogen-bond acceptors (Lipinski definition) is 3. The highest BCUT2D eigenvalue weighted by atomic mass is 35.5. The molecule has 1 fully saturated rings. The molecule has 24 heavy (non-hydrogen) atoms. The second-order valence-corrected chi connectivity index (χ2v) is 6.43. The van der Waals surface area contributed by atoms with Gasteiger partial charge in [0, 0.05) is 16.8 Å². The third-order valence-corrected chi connectivity index (χ3v) is 4.33. The van der Waals surface area contributed by atoms with Crippen molar-refractivity contribution in [2.24, 2.45) is 0 Å². The van der Waals surface area contributed by atoms with Gasteiger partial charge in [-0.05, 0) is 49.2 Å². The highest BCUT2D eigenvalue weighted by Crippen LogP contribution is 2.19. The molecule has 1 aliphatic rings. The van der Waals surface area contributed by atoms with Crippen LogP contribution >= 0.6 is 11.6 Å². The number of aromatic nitrogens is 1. The zero-order chi connectivity index (χ0) is 16.8. The van der Waals surface area contributed by atoms with Gasteiger partial charge in [-0.2, -0.15) is 0 Å². The van der Waals surface area contributed by atoms with E-state index in [-0.39, 0.29) is 12.1 Å². The number of anilines is 3. The van der Waals surface area contributed by atoms with E-state index in [0.717, 1.165) is 18.5 Å². The first-order valence-corrected chi connectivity index (χ1v) is 8.63. The minimum Gasteiger partial charge on any atom is -0.340 e. The predicted octanol–water partition coefficient (Wildman–Crippen LogP) is 4.93.